The summed E-state index contributed by atoms with van der Waals surface area (Å²) >= 11 is 1.56. The normalized spacial score (nSPS) is 13.7. The van der Waals surface area contributed by atoms with E-state index in [4.69, 9.17) is 9.47 Å². The fourth-order valence-electron chi connectivity index (χ4n) is 1.90. The van der Waals surface area contributed by atoms with Gasteiger partial charge < -0.3 is 14.6 Å². The first-order valence-electron chi connectivity index (χ1n) is 5.64. The largest absolute Gasteiger partial charge is 0.481 e. The second-order valence-corrected chi connectivity index (χ2v) is 5.67. The predicted molar refractivity (Wildman–Crippen MR) is 69.5 cm³/mol. The number of thioether (sulfide) groups is 1. The van der Waals surface area contributed by atoms with Crippen LogP contribution < -0.4 is 9.47 Å². The van der Waals surface area contributed by atoms with Gasteiger partial charge in [-0.15, -0.1) is 11.8 Å². The molecule has 0 aromatic heterocycles. The van der Waals surface area contributed by atoms with Gasteiger partial charge in [0.15, 0.2) is 11.5 Å². The molecule has 1 aromatic rings. The molecule has 5 heteroatoms. The number of carbonyl (C=O) groups is 1. The van der Waals surface area contributed by atoms with E-state index in [1.807, 2.05) is 18.4 Å². The highest BCUT2D eigenvalue weighted by Crippen LogP contribution is 2.43. The summed E-state index contributed by atoms with van der Waals surface area (Å²) < 4.78 is 10.8. The molecule has 98 valence electrons. The molecule has 0 fully saturated rings. The zero-order valence-electron chi connectivity index (χ0n) is 10.6. The molecule has 0 unspecified atom stereocenters. The highest BCUT2D eigenvalue weighted by Gasteiger charge is 2.30. The Labute approximate surface area is 110 Å². The van der Waals surface area contributed by atoms with Crippen molar-refractivity contribution in [1.29, 1.82) is 0 Å². The molecule has 0 radical (unpaired) electrons. The van der Waals surface area contributed by atoms with Crippen molar-refractivity contribution in [2.75, 3.05) is 13.0 Å². The maximum Gasteiger partial charge on any atom is 0.309 e. The number of hydrogen-bond acceptors (Lipinski definition) is 4. The molecule has 0 aliphatic carbocycles. The number of fused-ring (bicyclic) bond motifs is 1. The van der Waals surface area contributed by atoms with E-state index in [2.05, 4.69) is 0 Å². The maximum absolute atomic E-state index is 11.2. The first kappa shape index (κ1) is 13.1. The minimum absolute atomic E-state index is 0.231. The van der Waals surface area contributed by atoms with Crippen LogP contribution in [0.5, 0.6) is 11.5 Å². The molecule has 0 bridgehead atoms. The maximum atomic E-state index is 11.2. The first-order valence-corrected chi connectivity index (χ1v) is 6.87. The van der Waals surface area contributed by atoms with E-state index < -0.39 is 11.4 Å². The van der Waals surface area contributed by atoms with E-state index in [0.717, 1.165) is 22.0 Å². The summed E-state index contributed by atoms with van der Waals surface area (Å²) in [6.45, 7) is 3.68. The van der Waals surface area contributed by atoms with Gasteiger partial charge in [-0.1, -0.05) is 6.07 Å². The van der Waals surface area contributed by atoms with Crippen LogP contribution in [0.25, 0.3) is 0 Å². The minimum atomic E-state index is -0.799. The number of carboxylic acid groups (broad SMARTS) is 1. The van der Waals surface area contributed by atoms with E-state index in [0.29, 0.717) is 6.42 Å². The number of ether oxygens (including phenoxy) is 2. The molecule has 4 nitrogen and oxygen atoms in total. The van der Waals surface area contributed by atoms with Crippen LogP contribution in [0.4, 0.5) is 0 Å². The van der Waals surface area contributed by atoms with Gasteiger partial charge in [0.05, 0.1) is 10.3 Å². The molecular weight excluding hydrogens is 252 g/mol. The fourth-order valence-corrected chi connectivity index (χ4v) is 2.65. The van der Waals surface area contributed by atoms with Gasteiger partial charge in [0.25, 0.3) is 0 Å². The standard InChI is InChI=1S/C13H16O4S/c1-13(2,12(14)15)6-8-4-5-9-10(11(8)18-3)17-7-16-9/h4-5H,6-7H2,1-3H3,(H,14,15). The van der Waals surface area contributed by atoms with Crippen molar-refractivity contribution in [3.05, 3.63) is 17.7 Å². The van der Waals surface area contributed by atoms with Crippen molar-refractivity contribution in [3.8, 4) is 11.5 Å². The number of benzene rings is 1. The highest BCUT2D eigenvalue weighted by molar-refractivity contribution is 7.98. The number of carboxylic acids is 1. The van der Waals surface area contributed by atoms with Gasteiger partial charge in [0, 0.05) is 0 Å². The molecule has 1 aromatic carbocycles. The molecule has 1 heterocycles. The second-order valence-electron chi connectivity index (χ2n) is 4.86. The molecule has 1 N–H and O–H groups in total. The molecule has 1 aliphatic rings. The SMILES string of the molecule is CSc1c(CC(C)(C)C(=O)O)ccc2c1OCO2. The zero-order chi connectivity index (χ0) is 13.3. The van der Waals surface area contributed by atoms with Gasteiger partial charge >= 0.3 is 5.97 Å². The van der Waals surface area contributed by atoms with Crippen LogP contribution in [0.2, 0.25) is 0 Å². The number of hydrogen-bond donors (Lipinski definition) is 1. The van der Waals surface area contributed by atoms with Gasteiger partial charge in [-0.3, -0.25) is 4.79 Å². The third kappa shape index (κ3) is 2.27. The van der Waals surface area contributed by atoms with Gasteiger partial charge in [-0.05, 0) is 38.2 Å². The molecule has 0 saturated carbocycles. The predicted octanol–water partition coefficient (Wildman–Crippen LogP) is 2.79. The summed E-state index contributed by atoms with van der Waals surface area (Å²) in [5, 5.41) is 9.20. The lowest BCUT2D eigenvalue weighted by molar-refractivity contribution is -0.146. The number of rotatable bonds is 4. The average molecular weight is 268 g/mol. The zero-order valence-corrected chi connectivity index (χ0v) is 11.5. The molecular formula is C13H16O4S. The average Bonchev–Trinajstić information content (AvgIpc) is 2.76. The van der Waals surface area contributed by atoms with Crippen molar-refractivity contribution in [2.45, 2.75) is 25.2 Å². The Balaban J connectivity index is 2.37. The van der Waals surface area contributed by atoms with Crippen LogP contribution in [0.15, 0.2) is 17.0 Å². The summed E-state index contributed by atoms with van der Waals surface area (Å²) in [6, 6.07) is 3.76. The van der Waals surface area contributed by atoms with Gasteiger partial charge in [0.2, 0.25) is 6.79 Å². The summed E-state index contributed by atoms with van der Waals surface area (Å²) in [5.41, 5.74) is 0.192. The molecule has 18 heavy (non-hydrogen) atoms. The summed E-state index contributed by atoms with van der Waals surface area (Å²) in [7, 11) is 0. The monoisotopic (exact) mass is 268 g/mol. The van der Waals surface area contributed by atoms with Crippen LogP contribution in [-0.2, 0) is 11.2 Å². The van der Waals surface area contributed by atoms with Gasteiger partial charge in [-0.2, -0.15) is 0 Å². The highest BCUT2D eigenvalue weighted by atomic mass is 32.2. The Morgan fingerprint density at radius 1 is 1.44 bits per heavy atom. The first-order chi connectivity index (χ1) is 8.45. The van der Waals surface area contributed by atoms with Crippen LogP contribution in [-0.4, -0.2) is 24.1 Å². The van der Waals surface area contributed by atoms with Crippen molar-refractivity contribution in [3.63, 3.8) is 0 Å². The van der Waals surface area contributed by atoms with E-state index in [1.54, 1.807) is 25.6 Å². The van der Waals surface area contributed by atoms with E-state index in [9.17, 15) is 9.90 Å². The van der Waals surface area contributed by atoms with Crippen molar-refractivity contribution < 1.29 is 19.4 Å². The molecule has 0 amide bonds. The molecule has 0 saturated heterocycles. The molecule has 0 spiro atoms. The van der Waals surface area contributed by atoms with E-state index in [-0.39, 0.29) is 6.79 Å². The minimum Gasteiger partial charge on any atom is -0.481 e. The lowest BCUT2D eigenvalue weighted by Gasteiger charge is -2.21. The summed E-state index contributed by atoms with van der Waals surface area (Å²) in [4.78, 5) is 12.2. The molecule has 2 rings (SSSR count). The topological polar surface area (TPSA) is 55.8 Å². The molecule has 0 atom stereocenters. The smallest absolute Gasteiger partial charge is 0.309 e. The van der Waals surface area contributed by atoms with Crippen LogP contribution in [0, 0.1) is 5.41 Å². The van der Waals surface area contributed by atoms with Crippen molar-refractivity contribution >= 4 is 17.7 Å². The lowest BCUT2D eigenvalue weighted by atomic mass is 9.86. The second kappa shape index (κ2) is 4.72. The summed E-state index contributed by atoms with van der Waals surface area (Å²) in [6.07, 6.45) is 2.42. The van der Waals surface area contributed by atoms with Crippen molar-refractivity contribution in [2.24, 2.45) is 5.41 Å². The molecule has 1 aliphatic heterocycles. The Hall–Kier alpha value is -1.36. The van der Waals surface area contributed by atoms with Crippen molar-refractivity contribution in [1.82, 2.24) is 0 Å². The fraction of sp³-hybridized carbons (Fsp3) is 0.462. The Kier molecular flexibility index (Phi) is 3.43. The van der Waals surface area contributed by atoms with E-state index >= 15 is 0 Å². The Bertz CT molecular complexity index is 482. The van der Waals surface area contributed by atoms with Crippen LogP contribution in [0.1, 0.15) is 19.4 Å². The lowest BCUT2D eigenvalue weighted by Crippen LogP contribution is -2.26. The van der Waals surface area contributed by atoms with Crippen LogP contribution in [0.3, 0.4) is 0 Å². The quantitative estimate of drug-likeness (QED) is 0.851. The van der Waals surface area contributed by atoms with E-state index in [1.165, 1.54) is 0 Å². The van der Waals surface area contributed by atoms with Gasteiger partial charge in [0.1, 0.15) is 0 Å². The summed E-state index contributed by atoms with van der Waals surface area (Å²) in [5.74, 6) is 0.671. The number of aliphatic carboxylic acids is 1. The third-order valence-corrected chi connectivity index (χ3v) is 3.85. The van der Waals surface area contributed by atoms with Crippen LogP contribution >= 0.6 is 11.8 Å². The third-order valence-electron chi connectivity index (χ3n) is 2.99. The van der Waals surface area contributed by atoms with Gasteiger partial charge in [-0.25, -0.2) is 0 Å². The Morgan fingerprint density at radius 2 is 2.17 bits per heavy atom. The Morgan fingerprint density at radius 3 is 2.78 bits per heavy atom.